The van der Waals surface area contributed by atoms with Crippen molar-refractivity contribution >= 4 is 11.9 Å². The number of hydrogen-bond acceptors (Lipinski definition) is 2. The van der Waals surface area contributed by atoms with E-state index in [2.05, 4.69) is 0 Å². The van der Waals surface area contributed by atoms with E-state index in [1.54, 1.807) is 6.07 Å². The molecule has 0 unspecified atom stereocenters. The molecule has 0 aliphatic carbocycles. The van der Waals surface area contributed by atoms with E-state index >= 15 is 0 Å². The summed E-state index contributed by atoms with van der Waals surface area (Å²) >= 11 is 0. The van der Waals surface area contributed by atoms with Crippen LogP contribution in [-0.4, -0.2) is 22.6 Å². The van der Waals surface area contributed by atoms with E-state index in [1.165, 1.54) is 0 Å². The van der Waals surface area contributed by atoms with Crippen molar-refractivity contribution < 1.29 is 14.4 Å². The molecule has 1 aliphatic heterocycles. The Morgan fingerprint density at radius 1 is 1.11 bits per heavy atom. The molecule has 3 rings (SSSR count). The summed E-state index contributed by atoms with van der Waals surface area (Å²) in [7, 11) is 0. The number of aromatic hydroxyl groups is 1. The number of benzene rings is 2. The summed E-state index contributed by atoms with van der Waals surface area (Å²) in [6.07, 6.45) is 2.00. The van der Waals surface area contributed by atoms with Crippen LogP contribution in [0.25, 0.3) is 0 Å². The van der Waals surface area contributed by atoms with Crippen LogP contribution < -0.4 is 4.74 Å². The molecule has 1 aliphatic rings. The third-order valence-electron chi connectivity index (χ3n) is 3.08. The van der Waals surface area contributed by atoms with E-state index < -0.39 is 0 Å². The van der Waals surface area contributed by atoms with Crippen LogP contribution in [0, 0.1) is 6.92 Å². The topological polar surface area (TPSA) is 32.5 Å². The van der Waals surface area contributed by atoms with Gasteiger partial charge in [-0.1, -0.05) is 24.3 Å². The molecule has 0 saturated heterocycles. The molecule has 18 heavy (non-hydrogen) atoms. The average Bonchev–Trinajstić information content (AvgIpc) is 2.39. The summed E-state index contributed by atoms with van der Waals surface area (Å²) in [6, 6.07) is 13.3. The monoisotopic (exact) mass is 240 g/mol. The van der Waals surface area contributed by atoms with Gasteiger partial charge in [-0.05, 0) is 24.6 Å². The first-order valence-corrected chi connectivity index (χ1v) is 5.87. The quantitative estimate of drug-likeness (QED) is 0.777. The predicted molar refractivity (Wildman–Crippen MR) is 69.9 cm³/mol. The standard InChI is InChI=1S/C15H13NO2/c1-11-5-4-6-12-9-16(10-18-15(11)12)13-7-2-3-8-14(13)17/h2-9H,10H2,1H3/p+1. The highest BCUT2D eigenvalue weighted by molar-refractivity contribution is 5.82. The van der Waals surface area contributed by atoms with Gasteiger partial charge in [0.05, 0.1) is 5.56 Å². The minimum atomic E-state index is 0.258. The van der Waals surface area contributed by atoms with Gasteiger partial charge in [-0.25, -0.2) is 0 Å². The Morgan fingerprint density at radius 2 is 1.94 bits per heavy atom. The van der Waals surface area contributed by atoms with E-state index in [0.717, 1.165) is 22.6 Å². The molecule has 0 atom stereocenters. The van der Waals surface area contributed by atoms with Crippen molar-refractivity contribution in [2.75, 3.05) is 6.73 Å². The fourth-order valence-electron chi connectivity index (χ4n) is 2.16. The Morgan fingerprint density at radius 3 is 2.78 bits per heavy atom. The second-order valence-electron chi connectivity index (χ2n) is 4.35. The van der Waals surface area contributed by atoms with E-state index in [4.69, 9.17) is 4.74 Å². The normalized spacial score (nSPS) is 13.5. The second kappa shape index (κ2) is 4.18. The molecule has 0 bridgehead atoms. The lowest BCUT2D eigenvalue weighted by molar-refractivity contribution is -0.476. The first-order chi connectivity index (χ1) is 8.75. The summed E-state index contributed by atoms with van der Waals surface area (Å²) in [5, 5.41) is 9.85. The van der Waals surface area contributed by atoms with Crippen molar-refractivity contribution in [1.82, 2.24) is 0 Å². The maximum absolute atomic E-state index is 9.85. The van der Waals surface area contributed by atoms with Gasteiger partial charge in [-0.15, -0.1) is 0 Å². The SMILES string of the molecule is Cc1cccc2c1OC[N+](c1ccccc1O)=C2. The van der Waals surface area contributed by atoms with Crippen LogP contribution >= 0.6 is 0 Å². The van der Waals surface area contributed by atoms with Crippen LogP contribution in [0.1, 0.15) is 11.1 Å². The van der Waals surface area contributed by atoms with Gasteiger partial charge in [0.25, 0.3) is 6.73 Å². The average molecular weight is 240 g/mol. The lowest BCUT2D eigenvalue weighted by atomic mass is 10.1. The van der Waals surface area contributed by atoms with Gasteiger partial charge < -0.3 is 9.84 Å². The number of para-hydroxylation sites is 3. The second-order valence-corrected chi connectivity index (χ2v) is 4.35. The lowest BCUT2D eigenvalue weighted by Gasteiger charge is -2.15. The van der Waals surface area contributed by atoms with Crippen molar-refractivity contribution in [2.45, 2.75) is 6.92 Å². The van der Waals surface area contributed by atoms with E-state index in [9.17, 15) is 5.11 Å². The molecule has 0 aromatic heterocycles. The van der Waals surface area contributed by atoms with Crippen LogP contribution in [0.3, 0.4) is 0 Å². The number of rotatable bonds is 1. The molecule has 2 aromatic rings. The van der Waals surface area contributed by atoms with Crippen LogP contribution in [0.15, 0.2) is 42.5 Å². The van der Waals surface area contributed by atoms with Crippen molar-refractivity contribution in [1.29, 1.82) is 0 Å². The Labute approximate surface area is 106 Å². The fraction of sp³-hybridized carbons (Fsp3) is 0.133. The Balaban J connectivity index is 2.10. The zero-order valence-corrected chi connectivity index (χ0v) is 10.1. The highest BCUT2D eigenvalue weighted by Gasteiger charge is 2.21. The highest BCUT2D eigenvalue weighted by Crippen LogP contribution is 2.29. The highest BCUT2D eigenvalue weighted by atomic mass is 16.5. The summed E-state index contributed by atoms with van der Waals surface area (Å²) in [4.78, 5) is 0. The van der Waals surface area contributed by atoms with Crippen molar-refractivity contribution in [3.05, 3.63) is 53.6 Å². The van der Waals surface area contributed by atoms with Gasteiger partial charge in [0, 0.05) is 6.07 Å². The molecule has 0 fully saturated rings. The van der Waals surface area contributed by atoms with Gasteiger partial charge in [-0.3, -0.25) is 0 Å². The van der Waals surface area contributed by atoms with Gasteiger partial charge >= 0.3 is 0 Å². The Bertz CT molecular complexity index is 632. The number of fused-ring (bicyclic) bond motifs is 1. The van der Waals surface area contributed by atoms with Crippen molar-refractivity contribution in [3.63, 3.8) is 0 Å². The summed E-state index contributed by atoms with van der Waals surface area (Å²) < 4.78 is 7.66. The molecule has 0 radical (unpaired) electrons. The zero-order chi connectivity index (χ0) is 12.5. The molecule has 1 heterocycles. The largest absolute Gasteiger partial charge is 0.502 e. The third kappa shape index (κ3) is 1.74. The third-order valence-corrected chi connectivity index (χ3v) is 3.08. The number of ether oxygens (including phenoxy) is 1. The first kappa shape index (κ1) is 10.8. The number of phenolic OH excluding ortho intramolecular Hbond substituents is 1. The van der Waals surface area contributed by atoms with Crippen LogP contribution in [0.4, 0.5) is 5.69 Å². The van der Waals surface area contributed by atoms with Gasteiger partial charge in [0.1, 0.15) is 5.75 Å². The van der Waals surface area contributed by atoms with Crippen molar-refractivity contribution in [3.8, 4) is 11.5 Å². The molecule has 0 spiro atoms. The maximum Gasteiger partial charge on any atom is 0.292 e. The van der Waals surface area contributed by atoms with E-state index in [-0.39, 0.29) is 5.75 Å². The van der Waals surface area contributed by atoms with Crippen LogP contribution in [0.2, 0.25) is 0 Å². The smallest absolute Gasteiger partial charge is 0.292 e. The molecule has 3 heteroatoms. The van der Waals surface area contributed by atoms with Gasteiger partial charge in [0.2, 0.25) is 5.69 Å². The minimum Gasteiger partial charge on any atom is -0.502 e. The molecule has 2 aromatic carbocycles. The van der Waals surface area contributed by atoms with E-state index in [1.807, 2.05) is 54.1 Å². The van der Waals surface area contributed by atoms with Gasteiger partial charge in [-0.2, -0.15) is 4.58 Å². The van der Waals surface area contributed by atoms with Gasteiger partial charge in [0.15, 0.2) is 12.0 Å². The fourth-order valence-corrected chi connectivity index (χ4v) is 2.16. The minimum absolute atomic E-state index is 0.258. The Hall–Kier alpha value is -2.29. The Kier molecular flexibility index (Phi) is 2.52. The molecular formula is C15H14NO2+. The molecular weight excluding hydrogens is 226 g/mol. The number of aryl methyl sites for hydroxylation is 1. The lowest BCUT2D eigenvalue weighted by Crippen LogP contribution is -2.21. The van der Waals surface area contributed by atoms with Crippen LogP contribution in [0.5, 0.6) is 11.5 Å². The maximum atomic E-state index is 9.85. The predicted octanol–water partition coefficient (Wildman–Crippen LogP) is 2.81. The molecule has 90 valence electrons. The molecule has 3 nitrogen and oxygen atoms in total. The number of phenols is 1. The number of hydrogen-bond donors (Lipinski definition) is 1. The summed E-state index contributed by atoms with van der Waals surface area (Å²) in [6.45, 7) is 2.44. The van der Waals surface area contributed by atoms with E-state index in [0.29, 0.717) is 6.73 Å². The summed E-state index contributed by atoms with van der Waals surface area (Å²) in [5.74, 6) is 1.18. The van der Waals surface area contributed by atoms with Crippen LogP contribution in [-0.2, 0) is 0 Å². The number of nitrogens with zero attached hydrogens (tertiary/aromatic N) is 1. The molecule has 0 amide bonds. The molecule has 1 N–H and O–H groups in total. The summed E-state index contributed by atoms with van der Waals surface area (Å²) in [5.41, 5.74) is 2.91. The van der Waals surface area contributed by atoms with Crippen molar-refractivity contribution in [2.24, 2.45) is 0 Å². The first-order valence-electron chi connectivity index (χ1n) is 5.87. The zero-order valence-electron chi connectivity index (χ0n) is 10.1. The molecule has 0 saturated carbocycles.